The maximum atomic E-state index is 13.0. The molecule has 1 rings (SSSR count). The molecule has 0 atom stereocenters. The van der Waals surface area contributed by atoms with Crippen LogP contribution in [0.25, 0.3) is 6.08 Å². The molecule has 0 fully saturated rings. The zero-order valence-corrected chi connectivity index (χ0v) is 10.3. The van der Waals surface area contributed by atoms with Crippen LogP contribution < -0.4 is 0 Å². The predicted octanol–water partition coefficient (Wildman–Crippen LogP) is 3.00. The molecular weight excluding hydrogens is 247 g/mol. The van der Waals surface area contributed by atoms with Gasteiger partial charge in [0.05, 0.1) is 6.61 Å². The Morgan fingerprint density at radius 3 is 2.53 bits per heavy atom. The fraction of sp³-hybridized carbons (Fsp3) is 0.333. The second-order valence-corrected chi connectivity index (χ2v) is 3.63. The van der Waals surface area contributed by atoms with Crippen LogP contribution in [0.15, 0.2) is 29.8 Å². The van der Waals surface area contributed by atoms with E-state index in [0.29, 0.717) is 0 Å². The van der Waals surface area contributed by atoms with E-state index in [9.17, 15) is 14.0 Å². The Labute approximate surface area is 120 Å². The quantitative estimate of drug-likeness (QED) is 0.357. The van der Waals surface area contributed by atoms with Crippen LogP contribution in [0.3, 0.4) is 0 Å². The minimum absolute atomic E-state index is 0.0981. The van der Waals surface area contributed by atoms with Crippen LogP contribution in [0.4, 0.5) is 4.39 Å². The lowest BCUT2D eigenvalue weighted by Crippen LogP contribution is -2.19. The number of hydrogen-bond acceptors (Lipinski definition) is 3. The summed E-state index contributed by atoms with van der Waals surface area (Å²) in [6.07, 6.45) is 0.990. The largest absolute Gasteiger partial charge is 0.462 e. The predicted molar refractivity (Wildman–Crippen MR) is 70.9 cm³/mol. The number of carbonyl (C=O) groups is 2. The molecule has 0 spiro atoms. The number of rotatable bonds is 5. The summed E-state index contributed by atoms with van der Waals surface area (Å²) in [5.74, 6) is -5.45. The molecule has 0 amide bonds. The lowest BCUT2D eigenvalue weighted by Gasteiger charge is -2.08. The molecule has 0 aliphatic heterocycles. The highest BCUT2D eigenvalue weighted by Gasteiger charge is 2.21. The van der Waals surface area contributed by atoms with E-state index in [1.54, 1.807) is 0 Å². The SMILES string of the molecule is [2H]C([2H])([2H])C(C(=O)C(=Cc1ccc(F)cc1)C(=O)OCC)C([2H])([2H])[2H]. The molecule has 19 heavy (non-hydrogen) atoms. The van der Waals surface area contributed by atoms with Gasteiger partial charge in [-0.1, -0.05) is 25.8 Å². The van der Waals surface area contributed by atoms with Crippen LogP contribution in [0, 0.1) is 11.7 Å². The molecule has 0 aliphatic carbocycles. The van der Waals surface area contributed by atoms with E-state index < -0.39 is 42.8 Å². The van der Waals surface area contributed by atoms with Gasteiger partial charge in [-0.2, -0.15) is 0 Å². The van der Waals surface area contributed by atoms with E-state index in [-0.39, 0.29) is 12.2 Å². The van der Waals surface area contributed by atoms with Crippen molar-refractivity contribution in [3.63, 3.8) is 0 Å². The molecular formula is C15H17FO3. The molecule has 1 aromatic rings. The van der Waals surface area contributed by atoms with Crippen molar-refractivity contribution in [1.29, 1.82) is 0 Å². The Kier molecular flexibility index (Phi) is 2.96. The number of benzene rings is 1. The van der Waals surface area contributed by atoms with E-state index in [4.69, 9.17) is 13.0 Å². The van der Waals surface area contributed by atoms with Crippen LogP contribution in [0.5, 0.6) is 0 Å². The minimum atomic E-state index is -3.14. The standard InChI is InChI=1S/C15H17FO3/c1-4-19-15(18)13(14(17)10(2)3)9-11-5-7-12(16)8-6-11/h5-10H,4H2,1-3H3/i2D3,3D3. The van der Waals surface area contributed by atoms with E-state index in [1.807, 2.05) is 0 Å². The molecule has 0 aromatic heterocycles. The zero-order valence-electron chi connectivity index (χ0n) is 16.3. The number of Topliss-reactive ketones (excluding diaryl/α,β-unsaturated/α-hetero) is 1. The normalized spacial score (nSPS) is 17.5. The van der Waals surface area contributed by atoms with Gasteiger partial charge in [-0.05, 0) is 30.7 Å². The van der Waals surface area contributed by atoms with Gasteiger partial charge in [0.15, 0.2) is 5.78 Å². The molecule has 4 heteroatoms. The molecule has 0 saturated carbocycles. The van der Waals surface area contributed by atoms with Crippen molar-refractivity contribution < 1.29 is 26.9 Å². The Hall–Kier alpha value is -1.97. The van der Waals surface area contributed by atoms with Crippen molar-refractivity contribution >= 4 is 17.8 Å². The number of esters is 1. The van der Waals surface area contributed by atoms with E-state index >= 15 is 0 Å². The van der Waals surface area contributed by atoms with Crippen molar-refractivity contribution in [3.8, 4) is 0 Å². The Morgan fingerprint density at radius 1 is 1.37 bits per heavy atom. The fourth-order valence-corrected chi connectivity index (χ4v) is 1.32. The highest BCUT2D eigenvalue weighted by Crippen LogP contribution is 2.14. The average molecular weight is 270 g/mol. The molecule has 102 valence electrons. The number of ketones is 1. The van der Waals surface area contributed by atoms with Crippen LogP contribution in [-0.2, 0) is 14.3 Å². The Morgan fingerprint density at radius 2 is 2.00 bits per heavy atom. The summed E-state index contributed by atoms with van der Waals surface area (Å²) in [7, 11) is 0. The maximum Gasteiger partial charge on any atom is 0.341 e. The third kappa shape index (κ3) is 4.32. The summed E-state index contributed by atoms with van der Waals surface area (Å²) in [5, 5.41) is 0. The fourth-order valence-electron chi connectivity index (χ4n) is 1.32. The summed E-state index contributed by atoms with van der Waals surface area (Å²) < 4.78 is 61.8. The number of hydrogen-bond donors (Lipinski definition) is 0. The molecule has 0 N–H and O–H groups in total. The van der Waals surface area contributed by atoms with Gasteiger partial charge in [-0.25, -0.2) is 9.18 Å². The van der Waals surface area contributed by atoms with Crippen molar-refractivity contribution in [2.24, 2.45) is 5.92 Å². The first-order chi connectivity index (χ1) is 11.4. The van der Waals surface area contributed by atoms with E-state index in [0.717, 1.165) is 18.2 Å². The topological polar surface area (TPSA) is 43.4 Å². The summed E-state index contributed by atoms with van der Waals surface area (Å²) in [4.78, 5) is 24.6. The molecule has 0 saturated heterocycles. The summed E-state index contributed by atoms with van der Waals surface area (Å²) >= 11 is 0. The molecule has 0 heterocycles. The van der Waals surface area contributed by atoms with Crippen LogP contribution in [0.1, 0.15) is 34.4 Å². The smallest absolute Gasteiger partial charge is 0.341 e. The number of ether oxygens (including phenoxy) is 1. The molecule has 0 aliphatic rings. The Bertz CT molecular complexity index is 647. The monoisotopic (exact) mass is 270 g/mol. The average Bonchev–Trinajstić information content (AvgIpc) is 2.43. The van der Waals surface area contributed by atoms with Gasteiger partial charge in [0.2, 0.25) is 0 Å². The second-order valence-electron chi connectivity index (χ2n) is 3.63. The Balaban J connectivity index is 3.42. The van der Waals surface area contributed by atoms with E-state index in [1.165, 1.54) is 19.1 Å². The van der Waals surface area contributed by atoms with Crippen molar-refractivity contribution in [2.75, 3.05) is 6.61 Å². The molecule has 1 aromatic carbocycles. The van der Waals surface area contributed by atoms with E-state index in [2.05, 4.69) is 0 Å². The van der Waals surface area contributed by atoms with Gasteiger partial charge in [-0.3, -0.25) is 4.79 Å². The lowest BCUT2D eigenvalue weighted by molar-refractivity contribution is -0.140. The molecule has 0 unspecified atom stereocenters. The van der Waals surface area contributed by atoms with Gasteiger partial charge in [-0.15, -0.1) is 0 Å². The minimum Gasteiger partial charge on any atom is -0.462 e. The summed E-state index contributed by atoms with van der Waals surface area (Å²) in [6, 6.07) is 4.65. The zero-order chi connectivity index (χ0) is 19.4. The van der Waals surface area contributed by atoms with Gasteiger partial charge in [0.25, 0.3) is 0 Å². The van der Waals surface area contributed by atoms with Crippen molar-refractivity contribution in [2.45, 2.75) is 20.6 Å². The lowest BCUT2D eigenvalue weighted by atomic mass is 9.99. The highest BCUT2D eigenvalue weighted by molar-refractivity contribution is 6.21. The van der Waals surface area contributed by atoms with Crippen LogP contribution >= 0.6 is 0 Å². The first kappa shape index (κ1) is 8.25. The first-order valence-corrected chi connectivity index (χ1v) is 5.56. The van der Waals surface area contributed by atoms with Gasteiger partial charge in [0, 0.05) is 14.1 Å². The van der Waals surface area contributed by atoms with Crippen LogP contribution in [-0.4, -0.2) is 18.4 Å². The molecule has 0 radical (unpaired) electrons. The number of halogens is 1. The molecule has 3 nitrogen and oxygen atoms in total. The first-order valence-electron chi connectivity index (χ1n) is 8.56. The highest BCUT2D eigenvalue weighted by atomic mass is 19.1. The van der Waals surface area contributed by atoms with Gasteiger partial charge in [0.1, 0.15) is 11.4 Å². The van der Waals surface area contributed by atoms with Crippen molar-refractivity contribution in [1.82, 2.24) is 0 Å². The third-order valence-corrected chi connectivity index (χ3v) is 2.20. The molecule has 0 bridgehead atoms. The van der Waals surface area contributed by atoms with Crippen LogP contribution in [0.2, 0.25) is 0 Å². The summed E-state index contributed by atoms with van der Waals surface area (Å²) in [6.45, 7) is -4.91. The second kappa shape index (κ2) is 6.83. The third-order valence-electron chi connectivity index (χ3n) is 2.20. The maximum absolute atomic E-state index is 13.0. The van der Waals surface area contributed by atoms with Gasteiger partial charge < -0.3 is 4.74 Å². The number of carbonyl (C=O) groups excluding carboxylic acids is 2. The van der Waals surface area contributed by atoms with Gasteiger partial charge >= 0.3 is 5.97 Å². The summed E-state index contributed by atoms with van der Waals surface area (Å²) in [5.41, 5.74) is -0.502. The van der Waals surface area contributed by atoms with Crippen molar-refractivity contribution in [3.05, 3.63) is 41.2 Å².